The molecule has 37 heavy (non-hydrogen) atoms. The zero-order valence-corrected chi connectivity index (χ0v) is 20.6. The first-order chi connectivity index (χ1) is 18.3. The fourth-order valence-corrected chi connectivity index (χ4v) is 4.37. The summed E-state index contributed by atoms with van der Waals surface area (Å²) in [5, 5.41) is 0. The summed E-state index contributed by atoms with van der Waals surface area (Å²) in [4.78, 5) is 0. The lowest BCUT2D eigenvalue weighted by molar-refractivity contribution is -0.0419. The second-order valence-electron chi connectivity index (χ2n) is 9.41. The van der Waals surface area contributed by atoms with Crippen molar-refractivity contribution in [3.63, 3.8) is 0 Å². The molecule has 2 saturated heterocycles. The lowest BCUT2D eigenvalue weighted by atomic mass is 10.0. The van der Waals surface area contributed by atoms with E-state index in [1.807, 2.05) is 60.7 Å². The fourth-order valence-electron chi connectivity index (χ4n) is 4.37. The van der Waals surface area contributed by atoms with Crippen molar-refractivity contribution < 1.29 is 23.7 Å². The molecule has 2 aliphatic rings. The molecule has 188 valence electrons. The molecule has 0 bridgehead atoms. The van der Waals surface area contributed by atoms with E-state index >= 15 is 0 Å². The molecule has 0 aromatic heterocycles. The smallest absolute Gasteiger partial charge is 0.119 e. The lowest BCUT2D eigenvalue weighted by Crippen LogP contribution is -2.19. The highest BCUT2D eigenvalue weighted by Crippen LogP contribution is 2.41. The molecule has 2 aliphatic heterocycles. The summed E-state index contributed by atoms with van der Waals surface area (Å²) in [6.45, 7) is 2.47. The second-order valence-corrected chi connectivity index (χ2v) is 9.41. The van der Waals surface area contributed by atoms with Crippen LogP contribution in [0.5, 0.6) is 11.5 Å². The highest BCUT2D eigenvalue weighted by molar-refractivity contribution is 5.32. The zero-order chi connectivity index (χ0) is 24.9. The summed E-state index contributed by atoms with van der Waals surface area (Å²) >= 11 is 0. The monoisotopic (exact) mass is 494 g/mol. The van der Waals surface area contributed by atoms with Crippen LogP contribution in [0.1, 0.15) is 34.5 Å². The Hall–Kier alpha value is -3.64. The SMILES string of the molecule is c1ccc(COc2ccc(C(OC(c3ccc(OCc4ccccc4)cc3)C3CO3)C3CO3)cc2)cc1. The van der Waals surface area contributed by atoms with Crippen LogP contribution in [0.15, 0.2) is 109 Å². The van der Waals surface area contributed by atoms with E-state index in [-0.39, 0.29) is 24.4 Å². The number of hydrogen-bond donors (Lipinski definition) is 0. The Balaban J connectivity index is 1.11. The van der Waals surface area contributed by atoms with Crippen molar-refractivity contribution in [3.05, 3.63) is 131 Å². The first kappa shape index (κ1) is 23.7. The summed E-state index contributed by atoms with van der Waals surface area (Å²) in [5.41, 5.74) is 4.43. The third-order valence-electron chi connectivity index (χ3n) is 6.60. The summed E-state index contributed by atoms with van der Waals surface area (Å²) in [7, 11) is 0. The van der Waals surface area contributed by atoms with E-state index in [0.29, 0.717) is 26.4 Å². The van der Waals surface area contributed by atoms with Crippen LogP contribution in [0, 0.1) is 0 Å². The highest BCUT2D eigenvalue weighted by atomic mass is 16.6. The van der Waals surface area contributed by atoms with Crippen molar-refractivity contribution in [2.75, 3.05) is 13.2 Å². The van der Waals surface area contributed by atoms with Crippen LogP contribution in [-0.2, 0) is 27.4 Å². The molecule has 4 atom stereocenters. The normalized spacial score (nSPS) is 19.6. The Morgan fingerprint density at radius 3 is 1.27 bits per heavy atom. The van der Waals surface area contributed by atoms with Crippen molar-refractivity contribution >= 4 is 0 Å². The number of benzene rings is 4. The molecule has 0 aliphatic carbocycles. The topological polar surface area (TPSA) is 52.8 Å². The molecule has 0 saturated carbocycles. The predicted molar refractivity (Wildman–Crippen MR) is 140 cm³/mol. The minimum atomic E-state index is -0.175. The molecule has 4 unspecified atom stereocenters. The van der Waals surface area contributed by atoms with Gasteiger partial charge in [-0.05, 0) is 46.5 Å². The molecule has 6 rings (SSSR count). The molecule has 0 spiro atoms. The van der Waals surface area contributed by atoms with Crippen LogP contribution < -0.4 is 9.47 Å². The van der Waals surface area contributed by atoms with E-state index in [0.717, 1.165) is 33.8 Å². The van der Waals surface area contributed by atoms with Crippen LogP contribution in [0.2, 0.25) is 0 Å². The minimum Gasteiger partial charge on any atom is -0.489 e. The third-order valence-corrected chi connectivity index (χ3v) is 6.60. The predicted octanol–water partition coefficient (Wildman–Crippen LogP) is 6.44. The molecule has 2 heterocycles. The van der Waals surface area contributed by atoms with Crippen LogP contribution >= 0.6 is 0 Å². The summed E-state index contributed by atoms with van der Waals surface area (Å²) < 4.78 is 29.9. The van der Waals surface area contributed by atoms with E-state index in [2.05, 4.69) is 48.5 Å². The molecular formula is C32H30O5. The van der Waals surface area contributed by atoms with Crippen molar-refractivity contribution in [1.29, 1.82) is 0 Å². The summed E-state index contributed by atoms with van der Waals surface area (Å²) in [6.07, 6.45) is -0.255. The van der Waals surface area contributed by atoms with Crippen molar-refractivity contribution in [2.24, 2.45) is 0 Å². The van der Waals surface area contributed by atoms with Gasteiger partial charge in [-0.25, -0.2) is 0 Å². The van der Waals surface area contributed by atoms with Crippen molar-refractivity contribution in [2.45, 2.75) is 37.6 Å². The second kappa shape index (κ2) is 11.2. The van der Waals surface area contributed by atoms with Gasteiger partial charge >= 0.3 is 0 Å². The molecule has 4 aromatic carbocycles. The average molecular weight is 495 g/mol. The molecule has 0 N–H and O–H groups in total. The minimum absolute atomic E-state index is 0.0471. The standard InChI is InChI=1S/C32H30O5/c1-3-7-23(8-4-1)19-33-27-15-11-25(12-16-27)31(29-21-35-29)37-32(30-22-36-30)26-13-17-28(18-14-26)34-20-24-9-5-2-6-10-24/h1-18,29-32H,19-22H2. The van der Waals surface area contributed by atoms with Gasteiger partial charge in [-0.15, -0.1) is 0 Å². The van der Waals surface area contributed by atoms with Crippen molar-refractivity contribution in [1.82, 2.24) is 0 Å². The molecular weight excluding hydrogens is 464 g/mol. The summed E-state index contributed by atoms with van der Waals surface area (Å²) in [6, 6.07) is 36.6. The van der Waals surface area contributed by atoms with Crippen LogP contribution in [0.4, 0.5) is 0 Å². The van der Waals surface area contributed by atoms with E-state index in [9.17, 15) is 0 Å². The maximum Gasteiger partial charge on any atom is 0.119 e. The third kappa shape index (κ3) is 6.38. The van der Waals surface area contributed by atoms with Gasteiger partial charge in [0.2, 0.25) is 0 Å². The van der Waals surface area contributed by atoms with E-state index < -0.39 is 0 Å². The van der Waals surface area contributed by atoms with Gasteiger partial charge < -0.3 is 23.7 Å². The first-order valence-electron chi connectivity index (χ1n) is 12.7. The van der Waals surface area contributed by atoms with Gasteiger partial charge in [0.25, 0.3) is 0 Å². The first-order valence-corrected chi connectivity index (χ1v) is 12.7. The molecule has 0 radical (unpaired) electrons. The highest BCUT2D eigenvalue weighted by Gasteiger charge is 2.42. The Morgan fingerprint density at radius 2 is 0.919 bits per heavy atom. The maximum absolute atomic E-state index is 6.68. The molecule has 5 nitrogen and oxygen atoms in total. The Labute approximate surface area is 217 Å². The Kier molecular flexibility index (Phi) is 7.17. The van der Waals surface area contributed by atoms with Crippen LogP contribution in [0.25, 0.3) is 0 Å². The van der Waals surface area contributed by atoms with Gasteiger partial charge in [0.1, 0.15) is 49.1 Å². The number of hydrogen-bond acceptors (Lipinski definition) is 5. The number of rotatable bonds is 12. The van der Waals surface area contributed by atoms with Gasteiger partial charge in [0.05, 0.1) is 13.2 Å². The summed E-state index contributed by atoms with van der Waals surface area (Å²) in [5.74, 6) is 1.66. The van der Waals surface area contributed by atoms with Gasteiger partial charge in [-0.2, -0.15) is 0 Å². The van der Waals surface area contributed by atoms with Crippen LogP contribution in [0.3, 0.4) is 0 Å². The number of epoxide rings is 2. The van der Waals surface area contributed by atoms with E-state index in [1.54, 1.807) is 0 Å². The molecule has 0 amide bonds. The van der Waals surface area contributed by atoms with Gasteiger partial charge in [-0.1, -0.05) is 84.9 Å². The molecule has 2 fully saturated rings. The zero-order valence-electron chi connectivity index (χ0n) is 20.6. The Morgan fingerprint density at radius 1 is 0.541 bits per heavy atom. The number of ether oxygens (including phenoxy) is 5. The van der Waals surface area contributed by atoms with Crippen LogP contribution in [-0.4, -0.2) is 25.4 Å². The average Bonchev–Trinajstić information content (AvgIpc) is 3.88. The van der Waals surface area contributed by atoms with E-state index in [4.69, 9.17) is 23.7 Å². The van der Waals surface area contributed by atoms with Gasteiger partial charge in [-0.3, -0.25) is 0 Å². The maximum atomic E-state index is 6.68. The fraction of sp³-hybridized carbons (Fsp3) is 0.250. The lowest BCUT2D eigenvalue weighted by Gasteiger charge is -2.24. The molecule has 4 aromatic rings. The van der Waals surface area contributed by atoms with E-state index in [1.165, 1.54) is 0 Å². The quantitative estimate of drug-likeness (QED) is 0.212. The molecule has 5 heteroatoms. The largest absolute Gasteiger partial charge is 0.489 e. The van der Waals surface area contributed by atoms with Crippen molar-refractivity contribution in [3.8, 4) is 11.5 Å². The Bertz CT molecular complexity index is 1150. The van der Waals surface area contributed by atoms with Gasteiger partial charge in [0.15, 0.2) is 0 Å². The van der Waals surface area contributed by atoms with Gasteiger partial charge in [0, 0.05) is 0 Å².